The molecule has 0 aliphatic rings. The minimum absolute atomic E-state index is 0.589. The highest BCUT2D eigenvalue weighted by Crippen LogP contribution is 2.42. The van der Waals surface area contributed by atoms with Gasteiger partial charge in [-0.2, -0.15) is 5.26 Å². The van der Waals surface area contributed by atoms with Crippen molar-refractivity contribution < 1.29 is 4.42 Å². The van der Waals surface area contributed by atoms with E-state index in [1.807, 2.05) is 24.3 Å². The van der Waals surface area contributed by atoms with Crippen molar-refractivity contribution in [1.82, 2.24) is 9.13 Å². The largest absolute Gasteiger partial charge is 0.455 e. The second-order valence-electron chi connectivity index (χ2n) is 12.1. The summed E-state index contributed by atoms with van der Waals surface area (Å²) in [5.74, 6) is 0. The summed E-state index contributed by atoms with van der Waals surface area (Å²) >= 11 is 0. The average molecular weight is 600 g/mol. The molecule has 218 valence electrons. The van der Waals surface area contributed by atoms with Gasteiger partial charge in [0.05, 0.1) is 33.7 Å². The van der Waals surface area contributed by atoms with Crippen LogP contribution in [-0.2, 0) is 0 Å². The molecule has 0 N–H and O–H groups in total. The van der Waals surface area contributed by atoms with E-state index in [1.54, 1.807) is 0 Å². The molecule has 7 aromatic carbocycles. The summed E-state index contributed by atoms with van der Waals surface area (Å²) in [4.78, 5) is 0. The van der Waals surface area contributed by atoms with Crippen LogP contribution in [0.1, 0.15) is 5.56 Å². The van der Waals surface area contributed by atoms with E-state index in [0.717, 1.165) is 66.5 Å². The zero-order valence-electron chi connectivity index (χ0n) is 25.2. The zero-order chi connectivity index (χ0) is 31.1. The fourth-order valence-corrected chi connectivity index (χ4v) is 7.52. The lowest BCUT2D eigenvalue weighted by Gasteiger charge is -2.14. The summed E-state index contributed by atoms with van der Waals surface area (Å²) in [6.45, 7) is 0. The van der Waals surface area contributed by atoms with Crippen LogP contribution in [0, 0.1) is 11.3 Å². The molecule has 10 aromatic rings. The maximum absolute atomic E-state index is 10.3. The topological polar surface area (TPSA) is 46.8 Å². The Balaban J connectivity index is 1.32. The normalized spacial score (nSPS) is 11.8. The third-order valence-electron chi connectivity index (χ3n) is 9.50. The second kappa shape index (κ2) is 9.71. The predicted octanol–water partition coefficient (Wildman–Crippen LogP) is 11.3. The SMILES string of the molecule is N#Cc1cc(-c2cc(-n3c4ccccc4c4ccccc43)cc3c2oc2ccccc23)cc(-n2c3ccccc3c3ccccc32)c1. The van der Waals surface area contributed by atoms with Crippen LogP contribution in [0.25, 0.3) is 88.1 Å². The number of hydrogen-bond donors (Lipinski definition) is 0. The van der Waals surface area contributed by atoms with Gasteiger partial charge in [0.15, 0.2) is 0 Å². The summed E-state index contributed by atoms with van der Waals surface area (Å²) in [6, 6.07) is 55.3. The summed E-state index contributed by atoms with van der Waals surface area (Å²) in [7, 11) is 0. The Kier molecular flexibility index (Phi) is 5.32. The molecular formula is C43H25N3O. The van der Waals surface area contributed by atoms with Crippen molar-refractivity contribution in [2.24, 2.45) is 0 Å². The molecule has 10 rings (SSSR count). The summed E-state index contributed by atoms with van der Waals surface area (Å²) in [5.41, 5.74) is 10.5. The molecule has 0 radical (unpaired) electrons. The van der Waals surface area contributed by atoms with Gasteiger partial charge in [0.1, 0.15) is 11.2 Å². The smallest absolute Gasteiger partial charge is 0.143 e. The molecule has 0 aliphatic carbocycles. The van der Waals surface area contributed by atoms with Crippen LogP contribution in [0.2, 0.25) is 0 Å². The van der Waals surface area contributed by atoms with Gasteiger partial charge in [-0.1, -0.05) is 91.0 Å². The molecule has 0 fully saturated rings. The van der Waals surface area contributed by atoms with Crippen LogP contribution in [0.5, 0.6) is 0 Å². The molecule has 47 heavy (non-hydrogen) atoms. The number of furan rings is 1. The molecule has 0 aliphatic heterocycles. The number of nitriles is 1. The van der Waals surface area contributed by atoms with Gasteiger partial charge in [0.2, 0.25) is 0 Å². The van der Waals surface area contributed by atoms with Crippen LogP contribution in [0.4, 0.5) is 0 Å². The Morgan fingerprint density at radius 1 is 0.447 bits per heavy atom. The highest BCUT2D eigenvalue weighted by Gasteiger charge is 2.20. The lowest BCUT2D eigenvalue weighted by atomic mass is 9.98. The minimum atomic E-state index is 0.589. The highest BCUT2D eigenvalue weighted by atomic mass is 16.3. The molecule has 3 aromatic heterocycles. The first-order valence-corrected chi connectivity index (χ1v) is 15.7. The average Bonchev–Trinajstić information content (AvgIpc) is 3.79. The molecule has 0 unspecified atom stereocenters. The quantitative estimate of drug-likeness (QED) is 0.203. The first-order chi connectivity index (χ1) is 23.3. The van der Waals surface area contributed by atoms with E-state index < -0.39 is 0 Å². The lowest BCUT2D eigenvalue weighted by Crippen LogP contribution is -1.97. The number of benzene rings is 7. The maximum Gasteiger partial charge on any atom is 0.143 e. The van der Waals surface area contributed by atoms with Gasteiger partial charge in [-0.3, -0.25) is 0 Å². The van der Waals surface area contributed by atoms with Gasteiger partial charge in [-0.25, -0.2) is 0 Å². The van der Waals surface area contributed by atoms with E-state index >= 15 is 0 Å². The first kappa shape index (κ1) is 25.7. The number of nitrogens with zero attached hydrogens (tertiary/aromatic N) is 3. The molecule has 4 heteroatoms. The van der Waals surface area contributed by atoms with Crippen molar-refractivity contribution >= 4 is 65.6 Å². The van der Waals surface area contributed by atoms with Crippen LogP contribution < -0.4 is 0 Å². The predicted molar refractivity (Wildman–Crippen MR) is 193 cm³/mol. The van der Waals surface area contributed by atoms with Crippen molar-refractivity contribution in [1.29, 1.82) is 5.26 Å². The van der Waals surface area contributed by atoms with Gasteiger partial charge in [0, 0.05) is 49.3 Å². The molecule has 0 saturated carbocycles. The third kappa shape index (κ3) is 3.69. The minimum Gasteiger partial charge on any atom is -0.455 e. The number of fused-ring (bicyclic) bond motifs is 9. The van der Waals surface area contributed by atoms with Crippen molar-refractivity contribution in [2.45, 2.75) is 0 Å². The van der Waals surface area contributed by atoms with Crippen LogP contribution in [0.15, 0.2) is 156 Å². The molecule has 0 bridgehead atoms. The fraction of sp³-hybridized carbons (Fsp3) is 0. The molecule has 3 heterocycles. The van der Waals surface area contributed by atoms with E-state index in [2.05, 4.69) is 143 Å². The van der Waals surface area contributed by atoms with Crippen molar-refractivity contribution in [3.8, 4) is 28.6 Å². The number of aromatic nitrogens is 2. The van der Waals surface area contributed by atoms with Gasteiger partial charge >= 0.3 is 0 Å². The molecule has 0 spiro atoms. The van der Waals surface area contributed by atoms with E-state index in [9.17, 15) is 5.26 Å². The lowest BCUT2D eigenvalue weighted by molar-refractivity contribution is 0.670. The Bertz CT molecular complexity index is 2820. The molecule has 4 nitrogen and oxygen atoms in total. The van der Waals surface area contributed by atoms with E-state index in [-0.39, 0.29) is 0 Å². The maximum atomic E-state index is 10.3. The third-order valence-corrected chi connectivity index (χ3v) is 9.50. The molecule has 0 atom stereocenters. The fourth-order valence-electron chi connectivity index (χ4n) is 7.52. The summed E-state index contributed by atoms with van der Waals surface area (Å²) in [5, 5.41) is 17.2. The van der Waals surface area contributed by atoms with E-state index in [0.29, 0.717) is 5.56 Å². The van der Waals surface area contributed by atoms with E-state index in [4.69, 9.17) is 4.42 Å². The molecule has 0 amide bonds. The van der Waals surface area contributed by atoms with E-state index in [1.165, 1.54) is 21.5 Å². The van der Waals surface area contributed by atoms with Gasteiger partial charge in [0.25, 0.3) is 0 Å². The summed E-state index contributed by atoms with van der Waals surface area (Å²) in [6.07, 6.45) is 0. The molecule has 0 saturated heterocycles. The van der Waals surface area contributed by atoms with Crippen molar-refractivity contribution in [3.63, 3.8) is 0 Å². The monoisotopic (exact) mass is 599 g/mol. The Hall–Kier alpha value is -6.57. The number of para-hydroxylation sites is 5. The standard InChI is InChI=1S/C43H25N3O/c44-26-27-21-28(23-29(22-27)45-38-16-6-1-11-31(38)32-12-2-7-17-39(32)45)36-24-30(25-37-35-15-5-10-20-42(35)47-43(36)37)46-40-18-8-3-13-33(40)34-14-4-9-19-41(34)46/h1-25H. The zero-order valence-corrected chi connectivity index (χ0v) is 25.2. The number of rotatable bonds is 3. The van der Waals surface area contributed by atoms with Crippen molar-refractivity contribution in [2.75, 3.05) is 0 Å². The van der Waals surface area contributed by atoms with Gasteiger partial charge < -0.3 is 13.6 Å². The Labute approximate surface area is 269 Å². The van der Waals surface area contributed by atoms with Crippen molar-refractivity contribution in [3.05, 3.63) is 157 Å². The Morgan fingerprint density at radius 2 is 0.915 bits per heavy atom. The first-order valence-electron chi connectivity index (χ1n) is 15.7. The van der Waals surface area contributed by atoms with Gasteiger partial charge in [-0.15, -0.1) is 0 Å². The van der Waals surface area contributed by atoms with Crippen LogP contribution >= 0.6 is 0 Å². The second-order valence-corrected chi connectivity index (χ2v) is 12.1. The Morgan fingerprint density at radius 3 is 1.45 bits per heavy atom. The number of hydrogen-bond acceptors (Lipinski definition) is 2. The van der Waals surface area contributed by atoms with Gasteiger partial charge in [-0.05, 0) is 66.2 Å². The highest BCUT2D eigenvalue weighted by molar-refractivity contribution is 6.13. The van der Waals surface area contributed by atoms with Crippen LogP contribution in [0.3, 0.4) is 0 Å². The van der Waals surface area contributed by atoms with Crippen LogP contribution in [-0.4, -0.2) is 9.13 Å². The molecular weight excluding hydrogens is 574 g/mol. The summed E-state index contributed by atoms with van der Waals surface area (Å²) < 4.78 is 11.2.